The van der Waals surface area contributed by atoms with Gasteiger partial charge in [0.2, 0.25) is 0 Å². The second-order valence-electron chi connectivity index (χ2n) is 7.86. The molecule has 0 bridgehead atoms. The average Bonchev–Trinajstić information content (AvgIpc) is 3.21. The van der Waals surface area contributed by atoms with Crippen molar-refractivity contribution >= 4 is 45.9 Å². The Kier molecular flexibility index (Phi) is 7.03. The fourth-order valence-corrected chi connectivity index (χ4v) is 3.64. The van der Waals surface area contributed by atoms with Gasteiger partial charge in [0.1, 0.15) is 11.4 Å². The van der Waals surface area contributed by atoms with Gasteiger partial charge in [-0.1, -0.05) is 41.4 Å². The normalized spacial score (nSPS) is 10.6. The molecule has 8 nitrogen and oxygen atoms in total. The number of benzene rings is 3. The van der Waals surface area contributed by atoms with Crippen molar-refractivity contribution in [2.24, 2.45) is 0 Å². The summed E-state index contributed by atoms with van der Waals surface area (Å²) in [4.78, 5) is 38.2. The van der Waals surface area contributed by atoms with E-state index in [0.29, 0.717) is 27.4 Å². The van der Waals surface area contributed by atoms with Crippen LogP contribution in [0.25, 0.3) is 10.9 Å². The maximum absolute atomic E-state index is 13.1. The first-order chi connectivity index (χ1) is 16.8. The summed E-state index contributed by atoms with van der Waals surface area (Å²) >= 11 is 6.11. The highest BCUT2D eigenvalue weighted by Gasteiger charge is 2.21. The Balaban J connectivity index is 1.54. The number of rotatable bonds is 6. The number of amides is 3. The number of methoxy groups -OCH3 is 1. The summed E-state index contributed by atoms with van der Waals surface area (Å²) in [6.07, 6.45) is 0. The molecule has 0 spiro atoms. The standard InChI is InChI=1S/C26H23ClN4O4/c1-16-3-5-17(6-4-16)15-28-25(33)26(34)30-31-22-12-7-19(27)13-18(22)14-23(31)24(32)29-20-8-10-21(35-2)11-9-20/h3-14H,15H2,1-2H3,(H,28,33)(H,29,32)(H,30,34). The highest BCUT2D eigenvalue weighted by Crippen LogP contribution is 2.24. The molecule has 0 aliphatic heterocycles. The first kappa shape index (κ1) is 23.8. The number of hydrogen-bond acceptors (Lipinski definition) is 4. The van der Waals surface area contributed by atoms with Gasteiger partial charge >= 0.3 is 11.8 Å². The van der Waals surface area contributed by atoms with E-state index in [2.05, 4.69) is 16.1 Å². The number of aromatic nitrogens is 1. The van der Waals surface area contributed by atoms with Crippen LogP contribution in [-0.4, -0.2) is 29.5 Å². The van der Waals surface area contributed by atoms with Crippen molar-refractivity contribution in [2.45, 2.75) is 13.5 Å². The molecule has 0 saturated heterocycles. The molecule has 3 amide bonds. The molecule has 0 aliphatic carbocycles. The minimum Gasteiger partial charge on any atom is -0.497 e. The van der Waals surface area contributed by atoms with E-state index in [1.165, 1.54) is 4.68 Å². The first-order valence-corrected chi connectivity index (χ1v) is 11.1. The van der Waals surface area contributed by atoms with Crippen molar-refractivity contribution in [3.63, 3.8) is 0 Å². The molecular weight excluding hydrogens is 468 g/mol. The molecule has 4 aromatic rings. The van der Waals surface area contributed by atoms with Crippen LogP contribution in [0.1, 0.15) is 21.6 Å². The van der Waals surface area contributed by atoms with Gasteiger partial charge in [0.05, 0.1) is 12.6 Å². The van der Waals surface area contributed by atoms with Gasteiger partial charge in [-0.2, -0.15) is 0 Å². The average molecular weight is 491 g/mol. The van der Waals surface area contributed by atoms with E-state index >= 15 is 0 Å². The van der Waals surface area contributed by atoms with Crippen LogP contribution in [0.2, 0.25) is 5.02 Å². The Morgan fingerprint density at radius 3 is 2.31 bits per heavy atom. The molecule has 4 rings (SSSR count). The molecule has 178 valence electrons. The van der Waals surface area contributed by atoms with Gasteiger partial charge in [-0.25, -0.2) is 4.68 Å². The third-order valence-electron chi connectivity index (χ3n) is 5.34. The zero-order valence-corrected chi connectivity index (χ0v) is 19.8. The van der Waals surface area contributed by atoms with Crippen molar-refractivity contribution in [1.29, 1.82) is 0 Å². The molecule has 0 aliphatic rings. The highest BCUT2D eigenvalue weighted by molar-refractivity contribution is 6.38. The van der Waals surface area contributed by atoms with E-state index in [1.54, 1.807) is 55.6 Å². The second-order valence-corrected chi connectivity index (χ2v) is 8.30. The van der Waals surface area contributed by atoms with Crippen molar-refractivity contribution in [3.8, 4) is 5.75 Å². The van der Waals surface area contributed by atoms with E-state index in [4.69, 9.17) is 16.3 Å². The molecular formula is C26H23ClN4O4. The number of nitrogens with zero attached hydrogens (tertiary/aromatic N) is 1. The smallest absolute Gasteiger partial charge is 0.328 e. The quantitative estimate of drug-likeness (QED) is 0.352. The van der Waals surface area contributed by atoms with Crippen LogP contribution >= 0.6 is 11.6 Å². The van der Waals surface area contributed by atoms with E-state index < -0.39 is 17.7 Å². The minimum absolute atomic E-state index is 0.123. The van der Waals surface area contributed by atoms with Gasteiger partial charge in [-0.3, -0.25) is 19.8 Å². The zero-order chi connectivity index (χ0) is 24.9. The lowest BCUT2D eigenvalue weighted by Crippen LogP contribution is -2.39. The largest absolute Gasteiger partial charge is 0.497 e. The maximum Gasteiger partial charge on any atom is 0.328 e. The number of halogens is 1. The fraction of sp³-hybridized carbons (Fsp3) is 0.115. The predicted octanol–water partition coefficient (Wildman–Crippen LogP) is 4.25. The third-order valence-corrected chi connectivity index (χ3v) is 5.57. The van der Waals surface area contributed by atoms with Gasteiger partial charge in [0.25, 0.3) is 5.91 Å². The number of carbonyl (C=O) groups is 3. The van der Waals surface area contributed by atoms with Gasteiger partial charge in [-0.15, -0.1) is 0 Å². The number of fused-ring (bicyclic) bond motifs is 1. The van der Waals surface area contributed by atoms with Crippen LogP contribution in [0.3, 0.4) is 0 Å². The van der Waals surface area contributed by atoms with Crippen LogP contribution in [0.5, 0.6) is 5.75 Å². The third kappa shape index (κ3) is 5.62. The summed E-state index contributed by atoms with van der Waals surface area (Å²) in [5, 5.41) is 6.46. The van der Waals surface area contributed by atoms with E-state index in [9.17, 15) is 14.4 Å². The Labute approximate surface area is 206 Å². The SMILES string of the molecule is COc1ccc(NC(=O)c2cc3cc(Cl)ccc3n2NC(=O)C(=O)NCc2ccc(C)cc2)cc1. The maximum atomic E-state index is 13.1. The molecule has 0 unspecified atom stereocenters. The molecule has 3 aromatic carbocycles. The first-order valence-electron chi connectivity index (χ1n) is 10.7. The van der Waals surface area contributed by atoms with E-state index in [-0.39, 0.29) is 12.2 Å². The summed E-state index contributed by atoms with van der Waals surface area (Å²) in [6, 6.07) is 21.0. The van der Waals surface area contributed by atoms with Crippen molar-refractivity contribution in [2.75, 3.05) is 17.9 Å². The van der Waals surface area contributed by atoms with Crippen molar-refractivity contribution in [3.05, 3.63) is 94.6 Å². The van der Waals surface area contributed by atoms with E-state index in [0.717, 1.165) is 11.1 Å². The Morgan fingerprint density at radius 2 is 1.63 bits per heavy atom. The number of ether oxygens (including phenoxy) is 1. The number of anilines is 1. The van der Waals surface area contributed by atoms with Gasteiger partial charge < -0.3 is 15.4 Å². The summed E-state index contributed by atoms with van der Waals surface area (Å²) in [7, 11) is 1.55. The van der Waals surface area contributed by atoms with Crippen molar-refractivity contribution in [1.82, 2.24) is 9.99 Å². The summed E-state index contributed by atoms with van der Waals surface area (Å²) in [5.41, 5.74) is 5.65. The molecule has 3 N–H and O–H groups in total. The number of nitrogens with one attached hydrogen (secondary N) is 3. The lowest BCUT2D eigenvalue weighted by Gasteiger charge is -2.13. The van der Waals surface area contributed by atoms with Crippen LogP contribution in [-0.2, 0) is 16.1 Å². The summed E-state index contributed by atoms with van der Waals surface area (Å²) in [6.45, 7) is 2.16. The predicted molar refractivity (Wildman–Crippen MR) is 135 cm³/mol. The molecule has 0 saturated carbocycles. The number of aryl methyl sites for hydroxylation is 1. The van der Waals surface area contributed by atoms with Crippen LogP contribution in [0.4, 0.5) is 5.69 Å². The van der Waals surface area contributed by atoms with Gasteiger partial charge in [0, 0.05) is 22.6 Å². The molecule has 1 heterocycles. The molecule has 0 atom stereocenters. The number of hydrogen-bond donors (Lipinski definition) is 3. The summed E-state index contributed by atoms with van der Waals surface area (Å²) in [5.74, 6) is -1.58. The van der Waals surface area contributed by atoms with Crippen LogP contribution in [0.15, 0.2) is 72.8 Å². The monoisotopic (exact) mass is 490 g/mol. The zero-order valence-electron chi connectivity index (χ0n) is 19.1. The highest BCUT2D eigenvalue weighted by atomic mass is 35.5. The topological polar surface area (TPSA) is 101 Å². The number of carbonyl (C=O) groups excluding carboxylic acids is 3. The van der Waals surface area contributed by atoms with Gasteiger partial charge in [0.15, 0.2) is 0 Å². The van der Waals surface area contributed by atoms with Crippen molar-refractivity contribution < 1.29 is 19.1 Å². The Morgan fingerprint density at radius 1 is 0.914 bits per heavy atom. The molecule has 35 heavy (non-hydrogen) atoms. The second kappa shape index (κ2) is 10.3. The Bertz CT molecular complexity index is 1400. The van der Waals surface area contributed by atoms with Crippen LogP contribution < -0.4 is 20.8 Å². The Hall–Kier alpha value is -4.30. The summed E-state index contributed by atoms with van der Waals surface area (Å²) < 4.78 is 6.41. The minimum atomic E-state index is -0.914. The van der Waals surface area contributed by atoms with Gasteiger partial charge in [-0.05, 0) is 61.0 Å². The molecule has 1 aromatic heterocycles. The fourth-order valence-electron chi connectivity index (χ4n) is 3.46. The lowest BCUT2D eigenvalue weighted by molar-refractivity contribution is -0.136. The molecule has 0 fully saturated rings. The lowest BCUT2D eigenvalue weighted by atomic mass is 10.1. The molecule has 9 heteroatoms. The van der Waals surface area contributed by atoms with E-state index in [1.807, 2.05) is 31.2 Å². The molecule has 0 radical (unpaired) electrons. The van der Waals surface area contributed by atoms with Crippen LogP contribution in [0, 0.1) is 6.92 Å².